The van der Waals surface area contributed by atoms with Gasteiger partial charge in [0, 0.05) is 12.4 Å². The van der Waals surface area contributed by atoms with E-state index in [1.807, 2.05) is 0 Å². The van der Waals surface area contributed by atoms with Crippen LogP contribution in [0.25, 0.3) is 0 Å². The number of hydrogen-bond acceptors (Lipinski definition) is 6. The van der Waals surface area contributed by atoms with Crippen molar-refractivity contribution in [3.8, 4) is 0 Å². The summed E-state index contributed by atoms with van der Waals surface area (Å²) in [6.07, 6.45) is 2.48. The van der Waals surface area contributed by atoms with E-state index in [0.29, 0.717) is 5.56 Å². The molecule has 108 valence electrons. The second-order valence-corrected chi connectivity index (χ2v) is 3.91. The third-order valence-corrected chi connectivity index (χ3v) is 2.51. The second kappa shape index (κ2) is 8.04. The van der Waals surface area contributed by atoms with Crippen LogP contribution in [0.1, 0.15) is 31.7 Å². The van der Waals surface area contributed by atoms with Crippen molar-refractivity contribution in [2.75, 3.05) is 13.2 Å². The number of carbonyl (C=O) groups excluding carboxylic acids is 3. The second-order valence-electron chi connectivity index (χ2n) is 3.91. The number of aromatic nitrogens is 1. The van der Waals surface area contributed by atoms with E-state index in [2.05, 4.69) is 4.98 Å². The zero-order valence-corrected chi connectivity index (χ0v) is 11.5. The number of hydrogen-bond donors (Lipinski definition) is 0. The number of carbonyl (C=O) groups is 3. The molecule has 0 N–H and O–H groups in total. The van der Waals surface area contributed by atoms with Crippen LogP contribution in [0, 0.1) is 0 Å². The maximum Gasteiger partial charge on any atom is 0.321 e. The van der Waals surface area contributed by atoms with Crippen LogP contribution in [-0.2, 0) is 23.9 Å². The van der Waals surface area contributed by atoms with Crippen molar-refractivity contribution in [1.29, 1.82) is 0 Å². The van der Waals surface area contributed by atoms with Gasteiger partial charge in [-0.25, -0.2) is 0 Å². The van der Waals surface area contributed by atoms with Crippen molar-refractivity contribution >= 4 is 17.7 Å². The molecule has 0 aromatic carbocycles. The Hall–Kier alpha value is -2.24. The first-order chi connectivity index (χ1) is 9.60. The van der Waals surface area contributed by atoms with Gasteiger partial charge in [-0.05, 0) is 31.5 Å². The lowest BCUT2D eigenvalue weighted by Gasteiger charge is -2.14. The van der Waals surface area contributed by atoms with Gasteiger partial charge in [0.05, 0.1) is 13.2 Å². The minimum atomic E-state index is -1.12. The summed E-state index contributed by atoms with van der Waals surface area (Å²) in [5, 5.41) is 0. The molecule has 0 radical (unpaired) electrons. The van der Waals surface area contributed by atoms with Crippen LogP contribution < -0.4 is 0 Å². The molecule has 0 fully saturated rings. The van der Waals surface area contributed by atoms with Gasteiger partial charge in [-0.3, -0.25) is 19.4 Å². The van der Waals surface area contributed by atoms with Crippen molar-refractivity contribution in [2.45, 2.75) is 26.2 Å². The molecule has 1 atom stereocenters. The summed E-state index contributed by atoms with van der Waals surface area (Å²) in [4.78, 5) is 39.2. The van der Waals surface area contributed by atoms with E-state index in [1.165, 1.54) is 12.4 Å². The fraction of sp³-hybridized carbons (Fsp3) is 0.429. The Balaban J connectivity index is 2.91. The molecule has 0 aliphatic rings. The minimum Gasteiger partial charge on any atom is -0.466 e. The molecular formula is C14H17NO5. The largest absolute Gasteiger partial charge is 0.466 e. The molecule has 1 heterocycles. The highest BCUT2D eigenvalue weighted by Crippen LogP contribution is 2.20. The van der Waals surface area contributed by atoms with Gasteiger partial charge in [0.1, 0.15) is 12.3 Å². The van der Waals surface area contributed by atoms with Crippen LogP contribution in [0.2, 0.25) is 0 Å². The van der Waals surface area contributed by atoms with E-state index in [1.54, 1.807) is 26.0 Å². The topological polar surface area (TPSA) is 82.6 Å². The van der Waals surface area contributed by atoms with Crippen molar-refractivity contribution in [2.24, 2.45) is 0 Å². The highest BCUT2D eigenvalue weighted by Gasteiger charge is 2.31. The molecule has 1 unspecified atom stereocenters. The van der Waals surface area contributed by atoms with Crippen LogP contribution >= 0.6 is 0 Å². The molecular weight excluding hydrogens is 262 g/mol. The van der Waals surface area contributed by atoms with Gasteiger partial charge in [-0.2, -0.15) is 0 Å². The van der Waals surface area contributed by atoms with E-state index >= 15 is 0 Å². The Morgan fingerprint density at radius 3 is 2.25 bits per heavy atom. The summed E-state index contributed by atoms with van der Waals surface area (Å²) in [7, 11) is 0. The lowest BCUT2D eigenvalue weighted by Crippen LogP contribution is -2.26. The van der Waals surface area contributed by atoms with E-state index in [0.717, 1.165) is 0 Å². The minimum absolute atomic E-state index is 0.160. The van der Waals surface area contributed by atoms with E-state index in [-0.39, 0.29) is 13.2 Å². The molecule has 1 aromatic heterocycles. The van der Waals surface area contributed by atoms with Gasteiger partial charge < -0.3 is 9.47 Å². The molecule has 6 heteroatoms. The summed E-state index contributed by atoms with van der Waals surface area (Å²) in [5.41, 5.74) is 0.452. The summed E-state index contributed by atoms with van der Waals surface area (Å²) < 4.78 is 9.60. The van der Waals surface area contributed by atoms with Gasteiger partial charge in [0.15, 0.2) is 5.78 Å². The molecule has 0 bridgehead atoms. The third kappa shape index (κ3) is 4.46. The molecule has 6 nitrogen and oxygen atoms in total. The maximum absolute atomic E-state index is 12.1. The number of rotatable bonds is 7. The maximum atomic E-state index is 12.1. The summed E-state index contributed by atoms with van der Waals surface area (Å²) in [6, 6.07) is 3.09. The van der Waals surface area contributed by atoms with Crippen molar-refractivity contribution < 1.29 is 23.9 Å². The predicted octanol–water partition coefficient (Wildman–Crippen LogP) is 1.25. The van der Waals surface area contributed by atoms with Gasteiger partial charge in [0.2, 0.25) is 0 Å². The van der Waals surface area contributed by atoms with Crippen molar-refractivity contribution in [1.82, 2.24) is 4.98 Å². The van der Waals surface area contributed by atoms with Gasteiger partial charge >= 0.3 is 11.9 Å². The highest BCUT2D eigenvalue weighted by molar-refractivity contribution is 6.10. The lowest BCUT2D eigenvalue weighted by atomic mass is 9.94. The van der Waals surface area contributed by atoms with Crippen LogP contribution in [0.15, 0.2) is 24.5 Å². The number of Topliss-reactive ketones (excluding diaryl/α,β-unsaturated/α-hetero) is 1. The molecule has 0 aliphatic carbocycles. The molecule has 0 aliphatic heterocycles. The lowest BCUT2D eigenvalue weighted by molar-refractivity contribution is -0.150. The predicted molar refractivity (Wildman–Crippen MR) is 69.9 cm³/mol. The van der Waals surface area contributed by atoms with E-state index in [9.17, 15) is 14.4 Å². The summed E-state index contributed by atoms with van der Waals surface area (Å²) >= 11 is 0. The standard InChI is InChI=1S/C14H17NO5/c1-3-19-12(17)9-11(16)13(14(18)20-4-2)10-5-7-15-8-6-10/h5-8,13H,3-4,9H2,1-2H3. The molecule has 0 spiro atoms. The number of ether oxygens (including phenoxy) is 2. The van der Waals surface area contributed by atoms with E-state index in [4.69, 9.17) is 9.47 Å². The Morgan fingerprint density at radius 2 is 1.70 bits per heavy atom. The quantitative estimate of drug-likeness (QED) is 0.552. The highest BCUT2D eigenvalue weighted by atomic mass is 16.5. The van der Waals surface area contributed by atoms with Crippen molar-refractivity contribution in [3.63, 3.8) is 0 Å². The van der Waals surface area contributed by atoms with Crippen LogP contribution in [0.4, 0.5) is 0 Å². The van der Waals surface area contributed by atoms with Crippen LogP contribution in [0.3, 0.4) is 0 Å². The first kappa shape index (κ1) is 15.8. The molecule has 0 saturated carbocycles. The van der Waals surface area contributed by atoms with Crippen LogP contribution in [-0.4, -0.2) is 35.9 Å². The average Bonchev–Trinajstić information content (AvgIpc) is 2.40. The van der Waals surface area contributed by atoms with Gasteiger partial charge in [-0.15, -0.1) is 0 Å². The van der Waals surface area contributed by atoms with Gasteiger partial charge in [-0.1, -0.05) is 0 Å². The molecule has 20 heavy (non-hydrogen) atoms. The third-order valence-electron chi connectivity index (χ3n) is 2.51. The first-order valence-electron chi connectivity index (χ1n) is 6.35. The van der Waals surface area contributed by atoms with Crippen LogP contribution in [0.5, 0.6) is 0 Å². The Kier molecular flexibility index (Phi) is 6.36. The van der Waals surface area contributed by atoms with Gasteiger partial charge in [0.25, 0.3) is 0 Å². The van der Waals surface area contributed by atoms with Crippen molar-refractivity contribution in [3.05, 3.63) is 30.1 Å². The van der Waals surface area contributed by atoms with E-state index < -0.39 is 30.1 Å². The number of nitrogens with zero attached hydrogens (tertiary/aromatic N) is 1. The number of esters is 2. The fourth-order valence-corrected chi connectivity index (χ4v) is 1.69. The smallest absolute Gasteiger partial charge is 0.321 e. The molecule has 0 amide bonds. The zero-order valence-electron chi connectivity index (χ0n) is 11.5. The summed E-state index contributed by atoms with van der Waals surface area (Å²) in [6.45, 7) is 3.64. The molecule has 0 saturated heterocycles. The number of ketones is 1. The zero-order chi connectivity index (χ0) is 15.0. The Labute approximate surface area is 117 Å². The monoisotopic (exact) mass is 279 g/mol. The average molecular weight is 279 g/mol. The SMILES string of the molecule is CCOC(=O)CC(=O)C(C(=O)OCC)c1ccncc1. The summed E-state index contributed by atoms with van der Waals surface area (Å²) in [5.74, 6) is -3.00. The normalized spacial score (nSPS) is 11.5. The number of pyridine rings is 1. The molecule has 1 aromatic rings. The Morgan fingerprint density at radius 1 is 1.10 bits per heavy atom. The fourth-order valence-electron chi connectivity index (χ4n) is 1.69. The molecule has 1 rings (SSSR count). The Bertz CT molecular complexity index is 472. The first-order valence-corrected chi connectivity index (χ1v) is 6.35.